The minimum Gasteiger partial charge on any atom is -0.496 e. The lowest BCUT2D eigenvalue weighted by molar-refractivity contribution is -0.286. The molecule has 5 nitrogen and oxygen atoms in total. The Morgan fingerprint density at radius 1 is 0.676 bits per heavy atom. The zero-order valence-corrected chi connectivity index (χ0v) is 21.1. The molecule has 1 heterocycles. The molecule has 0 aliphatic carbocycles. The number of hydrogen-bond donors (Lipinski definition) is 0. The number of halogens is 2. The number of rotatable bonds is 5. The highest BCUT2D eigenvalue weighted by Crippen LogP contribution is 2.49. The molecule has 34 heavy (non-hydrogen) atoms. The van der Waals surface area contributed by atoms with Crippen molar-refractivity contribution in [3.8, 4) is 23.0 Å². The maximum absolute atomic E-state index is 15.2. The number of benzene rings is 3. The summed E-state index contributed by atoms with van der Waals surface area (Å²) in [6, 6.07) is 10.3. The van der Waals surface area contributed by atoms with Gasteiger partial charge in [0.25, 0.3) is 0 Å². The first-order valence-electron chi connectivity index (χ1n) is 10.7. The summed E-state index contributed by atoms with van der Waals surface area (Å²) in [5.74, 6) is 1.23. The van der Waals surface area contributed by atoms with Crippen molar-refractivity contribution in [2.75, 3.05) is 14.2 Å². The largest absolute Gasteiger partial charge is 0.586 e. The van der Waals surface area contributed by atoms with Crippen LogP contribution >= 0.6 is 7.14 Å². The van der Waals surface area contributed by atoms with Crippen LogP contribution in [0.1, 0.15) is 27.8 Å². The van der Waals surface area contributed by atoms with Gasteiger partial charge in [-0.15, -0.1) is 8.78 Å². The Bertz CT molecular complexity index is 1240. The first-order valence-corrected chi connectivity index (χ1v) is 12.4. The number of fused-ring (bicyclic) bond motifs is 1. The Hall–Kier alpha value is -3.05. The van der Waals surface area contributed by atoms with E-state index in [0.717, 1.165) is 22.3 Å². The molecule has 0 saturated heterocycles. The molecule has 3 aromatic carbocycles. The second kappa shape index (κ2) is 8.31. The van der Waals surface area contributed by atoms with Gasteiger partial charge >= 0.3 is 6.29 Å². The number of hydrogen-bond acceptors (Lipinski definition) is 5. The standard InChI is InChI=1S/C26H27F2O5P/c1-14-8-19(9-15(2)23(14)30-6)34(29,20-10-16(3)24(31-7)17(4)11-20)21-12-18(5)25-22(13-21)32-26(27,28)33-25/h8-13H,1-7H3. The molecular weight excluding hydrogens is 461 g/mol. The zero-order valence-electron chi connectivity index (χ0n) is 20.2. The number of ether oxygens (including phenoxy) is 4. The van der Waals surface area contributed by atoms with Crippen LogP contribution in [0.3, 0.4) is 0 Å². The van der Waals surface area contributed by atoms with Crippen LogP contribution in [-0.2, 0) is 4.57 Å². The minimum atomic E-state index is -3.77. The summed E-state index contributed by atoms with van der Waals surface area (Å²) in [6.07, 6.45) is -3.77. The second-order valence-electron chi connectivity index (χ2n) is 8.59. The first-order chi connectivity index (χ1) is 15.9. The van der Waals surface area contributed by atoms with Crippen LogP contribution in [0, 0.1) is 34.6 Å². The predicted molar refractivity (Wildman–Crippen MR) is 129 cm³/mol. The number of methoxy groups -OCH3 is 2. The summed E-state index contributed by atoms with van der Waals surface area (Å²) >= 11 is 0. The van der Waals surface area contributed by atoms with E-state index in [1.165, 1.54) is 6.07 Å². The molecule has 3 aromatic rings. The normalized spacial score (nSPS) is 14.3. The van der Waals surface area contributed by atoms with E-state index in [-0.39, 0.29) is 11.5 Å². The van der Waals surface area contributed by atoms with Gasteiger partial charge in [-0.25, -0.2) is 0 Å². The molecule has 180 valence electrons. The van der Waals surface area contributed by atoms with Gasteiger partial charge in [-0.2, -0.15) is 0 Å². The summed E-state index contributed by atoms with van der Waals surface area (Å²) in [5.41, 5.74) is 3.70. The van der Waals surface area contributed by atoms with Gasteiger partial charge in [0.2, 0.25) is 0 Å². The molecule has 0 fully saturated rings. The van der Waals surface area contributed by atoms with Gasteiger partial charge in [-0.05, 0) is 98.8 Å². The monoisotopic (exact) mass is 488 g/mol. The Morgan fingerprint density at radius 2 is 1.06 bits per heavy atom. The van der Waals surface area contributed by atoms with E-state index < -0.39 is 13.4 Å². The van der Waals surface area contributed by atoms with Gasteiger partial charge in [0.1, 0.15) is 11.5 Å². The minimum absolute atomic E-state index is 0.0514. The van der Waals surface area contributed by atoms with Crippen LogP contribution < -0.4 is 34.9 Å². The molecule has 4 rings (SSSR count). The molecule has 0 aromatic heterocycles. The molecule has 0 amide bonds. The molecule has 0 bridgehead atoms. The maximum Gasteiger partial charge on any atom is 0.586 e. The van der Waals surface area contributed by atoms with Gasteiger partial charge in [-0.3, -0.25) is 0 Å². The van der Waals surface area contributed by atoms with Gasteiger partial charge < -0.3 is 23.5 Å². The fourth-order valence-corrected chi connectivity index (χ4v) is 7.76. The van der Waals surface area contributed by atoms with Crippen molar-refractivity contribution in [1.29, 1.82) is 0 Å². The number of alkyl halides is 2. The Balaban J connectivity index is 2.04. The van der Waals surface area contributed by atoms with Crippen molar-refractivity contribution >= 4 is 23.1 Å². The topological polar surface area (TPSA) is 54.0 Å². The fraction of sp³-hybridized carbons (Fsp3) is 0.308. The van der Waals surface area contributed by atoms with Crippen LogP contribution in [0.5, 0.6) is 23.0 Å². The van der Waals surface area contributed by atoms with Crippen LogP contribution in [0.25, 0.3) is 0 Å². The first kappa shape index (κ1) is 24.1. The van der Waals surface area contributed by atoms with Gasteiger partial charge in [0, 0.05) is 15.9 Å². The second-order valence-corrected chi connectivity index (χ2v) is 11.4. The lowest BCUT2D eigenvalue weighted by Gasteiger charge is -2.24. The van der Waals surface area contributed by atoms with Crippen molar-refractivity contribution in [2.24, 2.45) is 0 Å². The predicted octanol–water partition coefficient (Wildman–Crippen LogP) is 5.21. The molecule has 0 unspecified atom stereocenters. The van der Waals surface area contributed by atoms with E-state index in [1.54, 1.807) is 27.2 Å². The van der Waals surface area contributed by atoms with Crippen molar-refractivity contribution in [1.82, 2.24) is 0 Å². The Morgan fingerprint density at radius 3 is 1.47 bits per heavy atom. The van der Waals surface area contributed by atoms with Crippen molar-refractivity contribution in [3.63, 3.8) is 0 Å². The van der Waals surface area contributed by atoms with Crippen LogP contribution in [0.2, 0.25) is 0 Å². The van der Waals surface area contributed by atoms with E-state index in [1.807, 2.05) is 52.0 Å². The third-order valence-electron chi connectivity index (χ3n) is 6.06. The third kappa shape index (κ3) is 3.82. The summed E-state index contributed by atoms with van der Waals surface area (Å²) in [5, 5.41) is 1.51. The summed E-state index contributed by atoms with van der Waals surface area (Å²) < 4.78 is 63.2. The molecule has 0 radical (unpaired) electrons. The highest BCUT2D eigenvalue weighted by molar-refractivity contribution is 7.85. The molecule has 0 spiro atoms. The van der Waals surface area contributed by atoms with Crippen LogP contribution in [0.4, 0.5) is 8.78 Å². The maximum atomic E-state index is 15.2. The summed E-state index contributed by atoms with van der Waals surface area (Å²) in [4.78, 5) is 0. The van der Waals surface area contributed by atoms with E-state index in [4.69, 9.17) is 14.2 Å². The summed E-state index contributed by atoms with van der Waals surface area (Å²) in [6.45, 7) is 9.17. The van der Waals surface area contributed by atoms with Crippen LogP contribution in [0.15, 0.2) is 36.4 Å². The number of aryl methyl sites for hydroxylation is 5. The Kier molecular flexibility index (Phi) is 5.89. The molecule has 1 aliphatic rings. The zero-order chi connectivity index (χ0) is 25.0. The van der Waals surface area contributed by atoms with Crippen molar-refractivity contribution < 1.29 is 32.3 Å². The average molecular weight is 488 g/mol. The molecule has 0 saturated carbocycles. The van der Waals surface area contributed by atoms with Gasteiger partial charge in [-0.1, -0.05) is 0 Å². The SMILES string of the molecule is COc1c(C)cc(P(=O)(c2cc(C)c(OC)c(C)c2)c2cc(C)c3c(c2)OC(F)(F)O3)cc1C. The van der Waals surface area contributed by atoms with Crippen LogP contribution in [-0.4, -0.2) is 20.5 Å². The lowest BCUT2D eigenvalue weighted by atomic mass is 10.1. The molecule has 0 N–H and O–H groups in total. The summed E-state index contributed by atoms with van der Waals surface area (Å²) in [7, 11) is -0.358. The smallest absolute Gasteiger partial charge is 0.496 e. The lowest BCUT2D eigenvalue weighted by Crippen LogP contribution is -2.27. The average Bonchev–Trinajstić information content (AvgIpc) is 3.07. The Labute approximate surface area is 198 Å². The highest BCUT2D eigenvalue weighted by Gasteiger charge is 2.45. The van der Waals surface area contributed by atoms with Crippen molar-refractivity contribution in [3.05, 3.63) is 64.2 Å². The van der Waals surface area contributed by atoms with E-state index in [0.29, 0.717) is 33.0 Å². The van der Waals surface area contributed by atoms with Gasteiger partial charge in [0.05, 0.1) is 14.2 Å². The van der Waals surface area contributed by atoms with E-state index in [2.05, 4.69) is 4.74 Å². The van der Waals surface area contributed by atoms with Crippen molar-refractivity contribution in [2.45, 2.75) is 40.9 Å². The molecule has 1 aliphatic heterocycles. The molecule has 0 atom stereocenters. The third-order valence-corrected chi connectivity index (χ3v) is 9.02. The van der Waals surface area contributed by atoms with E-state index >= 15 is 4.57 Å². The molecular formula is C26H27F2O5P. The highest BCUT2D eigenvalue weighted by atomic mass is 31.2. The fourth-order valence-electron chi connectivity index (χ4n) is 4.69. The quantitative estimate of drug-likeness (QED) is 0.462. The van der Waals surface area contributed by atoms with E-state index in [9.17, 15) is 8.78 Å². The van der Waals surface area contributed by atoms with Gasteiger partial charge in [0.15, 0.2) is 18.6 Å². The molecule has 8 heteroatoms.